The number of hydrogen-bond donors (Lipinski definition) is 0. The Hall–Kier alpha value is -2.74. The smallest absolute Gasteiger partial charge is 0.337 e. The minimum atomic E-state index is -3.89. The third-order valence-corrected chi connectivity index (χ3v) is 6.01. The van der Waals surface area contributed by atoms with Gasteiger partial charge in [-0.05, 0) is 43.7 Å². The zero-order valence-electron chi connectivity index (χ0n) is 16.0. The van der Waals surface area contributed by atoms with E-state index in [-0.39, 0.29) is 17.0 Å². The molecule has 7 nitrogen and oxygen atoms in total. The molecule has 2 rings (SSSR count). The van der Waals surface area contributed by atoms with Crippen molar-refractivity contribution in [3.63, 3.8) is 0 Å². The maximum atomic E-state index is 13.2. The number of carbonyl (C=O) groups excluding carboxylic acids is 1. The van der Waals surface area contributed by atoms with E-state index >= 15 is 0 Å². The van der Waals surface area contributed by atoms with Gasteiger partial charge in [-0.25, -0.2) is 13.2 Å². The van der Waals surface area contributed by atoms with E-state index in [1.807, 2.05) is 0 Å². The Kier molecular flexibility index (Phi) is 6.32. The summed E-state index contributed by atoms with van der Waals surface area (Å²) in [6.07, 6.45) is 0. The van der Waals surface area contributed by atoms with Crippen LogP contribution in [0.25, 0.3) is 0 Å². The van der Waals surface area contributed by atoms with Gasteiger partial charge in [-0.2, -0.15) is 0 Å². The Bertz CT molecular complexity index is 939. The minimum Gasteiger partial charge on any atom is -0.493 e. The highest BCUT2D eigenvalue weighted by Crippen LogP contribution is 2.33. The first kappa shape index (κ1) is 20.6. The van der Waals surface area contributed by atoms with Crippen LogP contribution in [0.1, 0.15) is 22.8 Å². The van der Waals surface area contributed by atoms with Crippen LogP contribution in [0.5, 0.6) is 11.5 Å². The van der Waals surface area contributed by atoms with E-state index in [2.05, 4.69) is 0 Å². The lowest BCUT2D eigenvalue weighted by atomic mass is 10.1. The summed E-state index contributed by atoms with van der Waals surface area (Å²) in [5, 5.41) is 0. The fourth-order valence-corrected chi connectivity index (χ4v) is 4.24. The van der Waals surface area contributed by atoms with E-state index in [1.165, 1.54) is 49.9 Å². The lowest BCUT2D eigenvalue weighted by molar-refractivity contribution is 0.0600. The molecule has 2 aromatic carbocycles. The molecule has 8 heteroatoms. The summed E-state index contributed by atoms with van der Waals surface area (Å²) in [4.78, 5) is 11.9. The third kappa shape index (κ3) is 4.00. The number of esters is 1. The first-order valence-corrected chi connectivity index (χ1v) is 9.67. The number of anilines is 1. The van der Waals surface area contributed by atoms with Gasteiger partial charge in [-0.15, -0.1) is 0 Å². The van der Waals surface area contributed by atoms with E-state index < -0.39 is 16.0 Å². The number of methoxy groups -OCH3 is 3. The lowest BCUT2D eigenvalue weighted by Crippen LogP contribution is -2.31. The van der Waals surface area contributed by atoms with Gasteiger partial charge in [0.05, 0.1) is 37.5 Å². The summed E-state index contributed by atoms with van der Waals surface area (Å²) < 4.78 is 42.9. The molecule has 0 saturated heterocycles. The van der Waals surface area contributed by atoms with E-state index in [9.17, 15) is 13.2 Å². The van der Waals surface area contributed by atoms with Gasteiger partial charge in [0.15, 0.2) is 11.5 Å². The van der Waals surface area contributed by atoms with Crippen LogP contribution in [0.3, 0.4) is 0 Å². The molecule has 0 saturated carbocycles. The molecule has 0 aliphatic carbocycles. The average Bonchev–Trinajstić information content (AvgIpc) is 2.68. The molecule has 0 aromatic heterocycles. The molecule has 0 unspecified atom stereocenters. The fourth-order valence-electron chi connectivity index (χ4n) is 2.70. The van der Waals surface area contributed by atoms with E-state index in [1.54, 1.807) is 26.0 Å². The summed E-state index contributed by atoms with van der Waals surface area (Å²) in [5.74, 6) is 0.217. The molecule has 0 bridgehead atoms. The maximum absolute atomic E-state index is 13.2. The van der Waals surface area contributed by atoms with Crippen LogP contribution in [0, 0.1) is 6.92 Å². The molecule has 0 spiro atoms. The number of nitrogens with zero attached hydrogens (tertiary/aromatic N) is 1. The standard InChI is InChI=1S/C19H23NO6S/c1-6-20(16-11-14(19(21)26-5)8-7-13(16)2)27(22,23)15-9-10-17(24-3)18(12-15)25-4/h7-12H,6H2,1-5H3. The van der Waals surface area contributed by atoms with Crippen molar-refractivity contribution in [3.8, 4) is 11.5 Å². The van der Waals surface area contributed by atoms with Gasteiger partial charge in [0.25, 0.3) is 10.0 Å². The van der Waals surface area contributed by atoms with Crippen molar-refractivity contribution in [1.29, 1.82) is 0 Å². The Morgan fingerprint density at radius 2 is 1.67 bits per heavy atom. The number of aryl methyl sites for hydroxylation is 1. The number of carbonyl (C=O) groups is 1. The highest BCUT2D eigenvalue weighted by molar-refractivity contribution is 7.92. The van der Waals surface area contributed by atoms with E-state index in [4.69, 9.17) is 14.2 Å². The fraction of sp³-hybridized carbons (Fsp3) is 0.316. The molecule has 0 atom stereocenters. The lowest BCUT2D eigenvalue weighted by Gasteiger charge is -2.25. The zero-order chi connectivity index (χ0) is 20.2. The predicted molar refractivity (Wildman–Crippen MR) is 102 cm³/mol. The van der Waals surface area contributed by atoms with Gasteiger partial charge >= 0.3 is 5.97 Å². The van der Waals surface area contributed by atoms with Crippen molar-refractivity contribution < 1.29 is 27.4 Å². The van der Waals surface area contributed by atoms with E-state index in [0.29, 0.717) is 22.7 Å². The number of benzene rings is 2. The molecule has 0 aliphatic heterocycles. The number of sulfonamides is 1. The first-order chi connectivity index (χ1) is 12.8. The van der Waals surface area contributed by atoms with Gasteiger partial charge in [-0.3, -0.25) is 4.31 Å². The van der Waals surface area contributed by atoms with Crippen LogP contribution in [0.4, 0.5) is 5.69 Å². The molecule has 0 heterocycles. The van der Waals surface area contributed by atoms with Crippen molar-refractivity contribution in [2.24, 2.45) is 0 Å². The van der Waals surface area contributed by atoms with Crippen LogP contribution < -0.4 is 13.8 Å². The van der Waals surface area contributed by atoms with Gasteiger partial charge in [0.1, 0.15) is 0 Å². The predicted octanol–water partition coefficient (Wildman–Crippen LogP) is 3.01. The number of hydrogen-bond acceptors (Lipinski definition) is 6. The van der Waals surface area contributed by atoms with Crippen molar-refractivity contribution in [3.05, 3.63) is 47.5 Å². The summed E-state index contributed by atoms with van der Waals surface area (Å²) >= 11 is 0. The van der Waals surface area contributed by atoms with Crippen molar-refractivity contribution in [2.75, 3.05) is 32.2 Å². The molecule has 27 heavy (non-hydrogen) atoms. The first-order valence-electron chi connectivity index (χ1n) is 8.23. The van der Waals surface area contributed by atoms with Crippen molar-refractivity contribution in [2.45, 2.75) is 18.7 Å². The minimum absolute atomic E-state index is 0.0601. The van der Waals surface area contributed by atoms with E-state index in [0.717, 1.165) is 0 Å². The molecular formula is C19H23NO6S. The SMILES string of the molecule is CCN(c1cc(C(=O)OC)ccc1C)S(=O)(=O)c1ccc(OC)c(OC)c1. The van der Waals surface area contributed by atoms with Crippen molar-refractivity contribution >= 4 is 21.7 Å². The topological polar surface area (TPSA) is 82.1 Å². The normalized spacial score (nSPS) is 11.0. The molecule has 0 amide bonds. The second-order valence-electron chi connectivity index (χ2n) is 5.68. The van der Waals surface area contributed by atoms with Crippen LogP contribution >= 0.6 is 0 Å². The second kappa shape index (κ2) is 8.30. The number of ether oxygens (including phenoxy) is 3. The summed E-state index contributed by atoms with van der Waals surface area (Å²) in [6.45, 7) is 3.69. The zero-order valence-corrected chi connectivity index (χ0v) is 16.8. The third-order valence-electron chi connectivity index (χ3n) is 4.13. The van der Waals surface area contributed by atoms with Gasteiger partial charge in [0, 0.05) is 12.6 Å². The summed E-state index contributed by atoms with van der Waals surface area (Å²) in [6, 6.07) is 9.21. The molecule has 2 aromatic rings. The van der Waals surface area contributed by atoms with Crippen LogP contribution in [-0.2, 0) is 14.8 Å². The van der Waals surface area contributed by atoms with Crippen LogP contribution in [0.15, 0.2) is 41.3 Å². The Morgan fingerprint density at radius 1 is 1.00 bits per heavy atom. The van der Waals surface area contributed by atoms with Gasteiger partial charge in [0.2, 0.25) is 0 Å². The molecule has 146 valence electrons. The molecule has 0 aliphatic rings. The molecule has 0 radical (unpaired) electrons. The molecule has 0 fully saturated rings. The van der Waals surface area contributed by atoms with Crippen molar-refractivity contribution in [1.82, 2.24) is 0 Å². The maximum Gasteiger partial charge on any atom is 0.337 e. The highest BCUT2D eigenvalue weighted by Gasteiger charge is 2.27. The summed E-state index contributed by atoms with van der Waals surface area (Å²) in [7, 11) is 0.308. The average molecular weight is 393 g/mol. The number of rotatable bonds is 7. The molecule has 0 N–H and O–H groups in total. The quantitative estimate of drug-likeness (QED) is 0.673. The molecular weight excluding hydrogens is 370 g/mol. The highest BCUT2D eigenvalue weighted by atomic mass is 32.2. The Morgan fingerprint density at radius 3 is 2.22 bits per heavy atom. The van der Waals surface area contributed by atoms with Gasteiger partial charge < -0.3 is 14.2 Å². The monoisotopic (exact) mass is 393 g/mol. The van der Waals surface area contributed by atoms with Crippen LogP contribution in [0.2, 0.25) is 0 Å². The Balaban J connectivity index is 2.58. The largest absolute Gasteiger partial charge is 0.493 e. The van der Waals surface area contributed by atoms with Gasteiger partial charge in [-0.1, -0.05) is 6.07 Å². The van der Waals surface area contributed by atoms with Crippen LogP contribution in [-0.4, -0.2) is 42.3 Å². The second-order valence-corrected chi connectivity index (χ2v) is 7.54. The Labute approximate surface area is 159 Å². The summed E-state index contributed by atoms with van der Waals surface area (Å²) in [5.41, 5.74) is 1.41.